The number of hydrogen-bond donors (Lipinski definition) is 2. The summed E-state index contributed by atoms with van der Waals surface area (Å²) < 4.78 is 0. The minimum Gasteiger partial charge on any atom is -0.352 e. The van der Waals surface area contributed by atoms with Crippen molar-refractivity contribution in [1.29, 1.82) is 0 Å². The van der Waals surface area contributed by atoms with E-state index in [0.717, 1.165) is 42.3 Å². The highest BCUT2D eigenvalue weighted by Gasteiger charge is 2.25. The summed E-state index contributed by atoms with van der Waals surface area (Å²) in [4.78, 5) is 34.7. The molecule has 7 heteroatoms. The first-order valence-corrected chi connectivity index (χ1v) is 11.2. The van der Waals surface area contributed by atoms with Crippen LogP contribution in [-0.4, -0.2) is 27.2 Å². The molecule has 2 heterocycles. The van der Waals surface area contributed by atoms with E-state index in [0.29, 0.717) is 17.1 Å². The Bertz CT molecular complexity index is 883. The van der Waals surface area contributed by atoms with Gasteiger partial charge in [0, 0.05) is 10.9 Å². The van der Waals surface area contributed by atoms with Crippen LogP contribution in [-0.2, 0) is 17.6 Å². The molecule has 0 bridgehead atoms. The zero-order valence-electron chi connectivity index (χ0n) is 15.3. The number of carbonyl (C=O) groups is 1. The van der Waals surface area contributed by atoms with Crippen molar-refractivity contribution < 1.29 is 4.79 Å². The van der Waals surface area contributed by atoms with Gasteiger partial charge < -0.3 is 10.3 Å². The number of thioether (sulfide) groups is 1. The van der Waals surface area contributed by atoms with Gasteiger partial charge in [0.05, 0.1) is 10.6 Å². The number of aromatic nitrogens is 2. The van der Waals surface area contributed by atoms with Crippen LogP contribution >= 0.6 is 23.1 Å². The molecule has 2 aliphatic carbocycles. The molecule has 140 valence electrons. The van der Waals surface area contributed by atoms with Crippen molar-refractivity contribution in [2.45, 2.75) is 75.2 Å². The van der Waals surface area contributed by atoms with Gasteiger partial charge in [-0.3, -0.25) is 9.59 Å². The van der Waals surface area contributed by atoms with E-state index in [2.05, 4.69) is 22.2 Å². The summed E-state index contributed by atoms with van der Waals surface area (Å²) >= 11 is 2.99. The molecule has 2 aromatic rings. The van der Waals surface area contributed by atoms with E-state index in [-0.39, 0.29) is 16.7 Å². The highest BCUT2D eigenvalue weighted by Crippen LogP contribution is 2.36. The fraction of sp³-hybridized carbons (Fsp3) is 0.632. The van der Waals surface area contributed by atoms with Gasteiger partial charge in [-0.1, -0.05) is 31.5 Å². The predicted molar refractivity (Wildman–Crippen MR) is 107 cm³/mol. The Balaban J connectivity index is 1.53. The van der Waals surface area contributed by atoms with Crippen molar-refractivity contribution >= 4 is 39.2 Å². The normalized spacial score (nSPS) is 21.7. The van der Waals surface area contributed by atoms with E-state index >= 15 is 0 Å². The van der Waals surface area contributed by atoms with Gasteiger partial charge in [0.25, 0.3) is 5.56 Å². The Kier molecular flexibility index (Phi) is 5.10. The van der Waals surface area contributed by atoms with Crippen LogP contribution < -0.4 is 10.9 Å². The van der Waals surface area contributed by atoms with E-state index in [1.165, 1.54) is 35.0 Å². The van der Waals surface area contributed by atoms with Crippen LogP contribution in [0.25, 0.3) is 10.2 Å². The second-order valence-corrected chi connectivity index (χ2v) is 10.1. The van der Waals surface area contributed by atoms with Gasteiger partial charge in [-0.25, -0.2) is 4.98 Å². The maximum Gasteiger partial charge on any atom is 0.260 e. The van der Waals surface area contributed by atoms with E-state index in [1.807, 2.05) is 6.92 Å². The summed E-state index contributed by atoms with van der Waals surface area (Å²) in [5, 5.41) is 4.16. The summed E-state index contributed by atoms with van der Waals surface area (Å²) in [5.74, 6) is 0.701. The number of rotatable bonds is 4. The predicted octanol–water partition coefficient (Wildman–Crippen LogP) is 3.65. The molecule has 2 aliphatic rings. The average Bonchev–Trinajstić information content (AvgIpc) is 3.21. The Morgan fingerprint density at radius 3 is 2.88 bits per heavy atom. The molecule has 5 nitrogen and oxygen atoms in total. The van der Waals surface area contributed by atoms with Gasteiger partial charge in [0.15, 0.2) is 5.16 Å². The molecule has 1 saturated carbocycles. The molecule has 0 radical (unpaired) electrons. The minimum absolute atomic E-state index is 0.0314. The Labute approximate surface area is 161 Å². The highest BCUT2D eigenvalue weighted by atomic mass is 32.2. The molecule has 2 N–H and O–H groups in total. The van der Waals surface area contributed by atoms with Crippen LogP contribution in [0.4, 0.5) is 0 Å². The van der Waals surface area contributed by atoms with E-state index in [9.17, 15) is 9.59 Å². The Morgan fingerprint density at radius 2 is 2.12 bits per heavy atom. The Hall–Kier alpha value is -1.34. The lowest BCUT2D eigenvalue weighted by Crippen LogP contribution is -2.37. The van der Waals surface area contributed by atoms with Crippen LogP contribution in [0, 0.1) is 5.92 Å². The summed E-state index contributed by atoms with van der Waals surface area (Å²) in [7, 11) is 0. The van der Waals surface area contributed by atoms with Gasteiger partial charge in [-0.15, -0.1) is 11.3 Å². The second-order valence-electron chi connectivity index (χ2n) is 7.65. The van der Waals surface area contributed by atoms with Crippen LogP contribution in [0.2, 0.25) is 0 Å². The van der Waals surface area contributed by atoms with Crippen LogP contribution in [0.15, 0.2) is 9.95 Å². The van der Waals surface area contributed by atoms with Crippen LogP contribution in [0.1, 0.15) is 56.4 Å². The first-order valence-electron chi connectivity index (χ1n) is 9.53. The molecular formula is C19H25N3O2S2. The number of nitrogens with zero attached hydrogens (tertiary/aromatic N) is 1. The van der Waals surface area contributed by atoms with E-state index in [1.54, 1.807) is 11.3 Å². The maximum atomic E-state index is 12.6. The molecule has 2 atom stereocenters. The quantitative estimate of drug-likeness (QED) is 0.616. The maximum absolute atomic E-state index is 12.6. The molecular weight excluding hydrogens is 366 g/mol. The fourth-order valence-corrected chi connectivity index (χ4v) is 6.24. The summed E-state index contributed by atoms with van der Waals surface area (Å²) in [6.07, 6.45) is 7.67. The van der Waals surface area contributed by atoms with Gasteiger partial charge in [0.2, 0.25) is 5.91 Å². The summed E-state index contributed by atoms with van der Waals surface area (Å²) in [6, 6.07) is 0.311. The monoisotopic (exact) mass is 391 g/mol. The zero-order valence-corrected chi connectivity index (χ0v) is 16.9. The molecule has 26 heavy (non-hydrogen) atoms. The topological polar surface area (TPSA) is 74.8 Å². The molecule has 0 aliphatic heterocycles. The first-order chi connectivity index (χ1) is 12.5. The largest absolute Gasteiger partial charge is 0.352 e. The Morgan fingerprint density at radius 1 is 1.35 bits per heavy atom. The zero-order chi connectivity index (χ0) is 18.3. The first kappa shape index (κ1) is 18.0. The van der Waals surface area contributed by atoms with Crippen LogP contribution in [0.3, 0.4) is 0 Å². The third-order valence-corrected chi connectivity index (χ3v) is 7.64. The highest BCUT2D eigenvalue weighted by molar-refractivity contribution is 8.00. The number of hydrogen-bond acceptors (Lipinski definition) is 5. The van der Waals surface area contributed by atoms with Crippen molar-refractivity contribution in [1.82, 2.24) is 15.3 Å². The van der Waals surface area contributed by atoms with E-state index in [4.69, 9.17) is 0 Å². The minimum atomic E-state index is -0.272. The van der Waals surface area contributed by atoms with Crippen molar-refractivity contribution in [2.75, 3.05) is 0 Å². The second kappa shape index (κ2) is 7.35. The van der Waals surface area contributed by atoms with Crippen LogP contribution in [0.5, 0.6) is 0 Å². The number of amides is 1. The lowest BCUT2D eigenvalue weighted by molar-refractivity contribution is -0.120. The molecule has 2 aromatic heterocycles. The lowest BCUT2D eigenvalue weighted by Gasteiger charge is -2.17. The van der Waals surface area contributed by atoms with Crippen molar-refractivity contribution in [3.63, 3.8) is 0 Å². The molecule has 4 rings (SSSR count). The molecule has 0 saturated heterocycles. The number of nitrogens with one attached hydrogen (secondary N) is 2. The molecule has 1 fully saturated rings. The lowest BCUT2D eigenvalue weighted by atomic mass is 9.89. The third-order valence-electron chi connectivity index (χ3n) is 5.50. The van der Waals surface area contributed by atoms with Gasteiger partial charge >= 0.3 is 0 Å². The summed E-state index contributed by atoms with van der Waals surface area (Å²) in [5.41, 5.74) is 1.13. The average molecular weight is 392 g/mol. The molecule has 0 unspecified atom stereocenters. The SMILES string of the molecule is C[C@H]1CCc2c(sc3nc(S[C@@H](C)C(=O)NC4CCCC4)[nH]c(=O)c23)C1. The van der Waals surface area contributed by atoms with E-state index < -0.39 is 0 Å². The molecule has 0 aromatic carbocycles. The molecule has 1 amide bonds. The number of thiophene rings is 1. The van der Waals surface area contributed by atoms with Crippen molar-refractivity contribution in [3.8, 4) is 0 Å². The van der Waals surface area contributed by atoms with Crippen molar-refractivity contribution in [2.24, 2.45) is 5.92 Å². The van der Waals surface area contributed by atoms with Gasteiger partial charge in [-0.2, -0.15) is 0 Å². The smallest absolute Gasteiger partial charge is 0.260 e. The number of aromatic amines is 1. The fourth-order valence-electron chi connectivity index (χ4n) is 3.99. The molecule has 0 spiro atoms. The number of carbonyl (C=O) groups excluding carboxylic acids is 1. The third kappa shape index (κ3) is 3.56. The summed E-state index contributed by atoms with van der Waals surface area (Å²) in [6.45, 7) is 4.14. The van der Waals surface area contributed by atoms with Gasteiger partial charge in [0.1, 0.15) is 4.83 Å². The number of aryl methyl sites for hydroxylation is 1. The van der Waals surface area contributed by atoms with Crippen molar-refractivity contribution in [3.05, 3.63) is 20.8 Å². The van der Waals surface area contributed by atoms with Gasteiger partial charge in [-0.05, 0) is 50.5 Å². The standard InChI is InChI=1S/C19H25N3O2S2/c1-10-7-8-13-14(9-10)26-18-15(13)17(24)21-19(22-18)25-11(2)16(23)20-12-5-3-4-6-12/h10-12H,3-9H2,1-2H3,(H,20,23)(H,21,22,24)/t10-,11-/m0/s1. The number of H-pyrrole nitrogens is 1. The number of fused-ring (bicyclic) bond motifs is 3.